The minimum absolute atomic E-state index is 0.125. The van der Waals surface area contributed by atoms with E-state index >= 15 is 0 Å². The molecule has 164 valence electrons. The number of pyridine rings is 1. The van der Waals surface area contributed by atoms with Gasteiger partial charge in [-0.25, -0.2) is 9.37 Å². The summed E-state index contributed by atoms with van der Waals surface area (Å²) in [5, 5.41) is 3.66. The average molecular weight is 451 g/mol. The van der Waals surface area contributed by atoms with E-state index in [1.165, 1.54) is 30.0 Å². The lowest BCUT2D eigenvalue weighted by Gasteiger charge is -2.16. The van der Waals surface area contributed by atoms with Gasteiger partial charge >= 0.3 is 6.18 Å². The Morgan fingerprint density at radius 1 is 1.16 bits per heavy atom. The van der Waals surface area contributed by atoms with Gasteiger partial charge in [0.25, 0.3) is 5.91 Å². The fourth-order valence-corrected chi connectivity index (χ4v) is 4.36. The highest BCUT2D eigenvalue weighted by molar-refractivity contribution is 7.99. The Bertz CT molecular complexity index is 1100. The van der Waals surface area contributed by atoms with Crippen molar-refractivity contribution >= 4 is 28.6 Å². The molecule has 0 aliphatic carbocycles. The molecule has 0 saturated heterocycles. The lowest BCUT2D eigenvalue weighted by atomic mass is 10.0. The normalized spacial score (nSPS) is 11.7. The molecule has 31 heavy (non-hydrogen) atoms. The third kappa shape index (κ3) is 5.55. The van der Waals surface area contributed by atoms with Crippen LogP contribution >= 0.6 is 11.8 Å². The Hall–Kier alpha value is -2.61. The van der Waals surface area contributed by atoms with Crippen LogP contribution in [0.25, 0.3) is 10.9 Å². The average Bonchev–Trinajstić information content (AvgIpc) is 2.71. The van der Waals surface area contributed by atoms with Crippen molar-refractivity contribution in [1.82, 2.24) is 10.3 Å². The van der Waals surface area contributed by atoms with Gasteiger partial charge in [0.2, 0.25) is 0 Å². The maximum absolute atomic E-state index is 13.4. The number of hydrogen-bond donors (Lipinski definition) is 1. The topological polar surface area (TPSA) is 42.0 Å². The van der Waals surface area contributed by atoms with Crippen molar-refractivity contribution in [2.45, 2.75) is 44.4 Å². The molecule has 3 nitrogen and oxygen atoms in total. The number of carbonyl (C=O) groups is 1. The molecule has 0 aliphatic heterocycles. The number of rotatable bonds is 7. The lowest BCUT2D eigenvalue weighted by molar-refractivity contribution is -0.137. The zero-order valence-electron chi connectivity index (χ0n) is 17.1. The van der Waals surface area contributed by atoms with Crippen LogP contribution < -0.4 is 5.32 Å². The summed E-state index contributed by atoms with van der Waals surface area (Å²) in [7, 11) is 0. The first-order valence-corrected chi connectivity index (χ1v) is 10.9. The van der Waals surface area contributed by atoms with Gasteiger partial charge in [-0.2, -0.15) is 13.2 Å². The van der Waals surface area contributed by atoms with Crippen molar-refractivity contribution in [2.75, 3.05) is 5.75 Å². The number of hydrogen-bond acceptors (Lipinski definition) is 3. The predicted molar refractivity (Wildman–Crippen MR) is 115 cm³/mol. The minimum atomic E-state index is -4.47. The van der Waals surface area contributed by atoms with Crippen molar-refractivity contribution in [1.29, 1.82) is 0 Å². The zero-order valence-corrected chi connectivity index (χ0v) is 18.0. The van der Waals surface area contributed by atoms with Gasteiger partial charge in [0.1, 0.15) is 10.8 Å². The molecular weight excluding hydrogens is 428 g/mol. The summed E-state index contributed by atoms with van der Waals surface area (Å²) in [6.45, 7) is 3.86. The predicted octanol–water partition coefficient (Wildman–Crippen LogP) is 6.52. The summed E-state index contributed by atoms with van der Waals surface area (Å²) in [6.07, 6.45) is -2.64. The van der Waals surface area contributed by atoms with Crippen molar-refractivity contribution in [2.24, 2.45) is 0 Å². The van der Waals surface area contributed by atoms with Crippen LogP contribution in [0.2, 0.25) is 0 Å². The molecule has 1 N–H and O–H groups in total. The standard InChI is InChI=1S/C23H22F4N2OS/c1-3-4-10-31-22-20(21(30)28-13-15-6-5-7-17(24)11-15)14(2)18-9-8-16(23(25,26)27)12-19(18)29-22/h5-9,11-12H,3-4,10,13H2,1-2H3,(H,28,30). The number of unbranched alkanes of at least 4 members (excludes halogenated alkanes) is 1. The second-order valence-electron chi connectivity index (χ2n) is 7.16. The lowest BCUT2D eigenvalue weighted by Crippen LogP contribution is -2.25. The molecule has 0 unspecified atom stereocenters. The molecule has 0 saturated carbocycles. The first kappa shape index (κ1) is 23.1. The van der Waals surface area contributed by atoms with Gasteiger partial charge in [-0.15, -0.1) is 11.8 Å². The van der Waals surface area contributed by atoms with Crippen molar-refractivity contribution in [3.63, 3.8) is 0 Å². The van der Waals surface area contributed by atoms with Gasteiger partial charge in [0.05, 0.1) is 16.6 Å². The van der Waals surface area contributed by atoms with E-state index < -0.39 is 23.5 Å². The van der Waals surface area contributed by atoms with Gasteiger partial charge < -0.3 is 5.32 Å². The largest absolute Gasteiger partial charge is 0.416 e. The van der Waals surface area contributed by atoms with Gasteiger partial charge in [-0.05, 0) is 54.5 Å². The Morgan fingerprint density at radius 3 is 2.61 bits per heavy atom. The number of nitrogens with zero attached hydrogens (tertiary/aromatic N) is 1. The zero-order chi connectivity index (χ0) is 22.6. The molecular formula is C23H22F4N2OS. The number of thioether (sulfide) groups is 1. The van der Waals surface area contributed by atoms with Crippen LogP contribution in [0.15, 0.2) is 47.5 Å². The summed E-state index contributed by atoms with van der Waals surface area (Å²) in [4.78, 5) is 17.4. The van der Waals surface area contributed by atoms with Gasteiger partial charge in [-0.3, -0.25) is 4.79 Å². The molecule has 1 amide bonds. The number of aromatic nitrogens is 1. The van der Waals surface area contributed by atoms with Crippen LogP contribution in [0.1, 0.15) is 46.8 Å². The van der Waals surface area contributed by atoms with E-state index in [-0.39, 0.29) is 12.1 Å². The number of alkyl halides is 3. The van der Waals surface area contributed by atoms with Gasteiger partial charge in [0, 0.05) is 11.9 Å². The number of carbonyl (C=O) groups excluding carboxylic acids is 1. The first-order chi connectivity index (χ1) is 14.7. The highest BCUT2D eigenvalue weighted by Crippen LogP contribution is 2.34. The number of amides is 1. The smallest absolute Gasteiger partial charge is 0.348 e. The monoisotopic (exact) mass is 450 g/mol. The Kier molecular flexibility index (Phi) is 7.20. The third-order valence-electron chi connectivity index (χ3n) is 4.85. The summed E-state index contributed by atoms with van der Waals surface area (Å²) in [5.41, 5.74) is 0.932. The van der Waals surface area contributed by atoms with Crippen LogP contribution in [0, 0.1) is 12.7 Å². The fraction of sp³-hybridized carbons (Fsp3) is 0.304. The van der Waals surface area contributed by atoms with E-state index in [0.29, 0.717) is 32.9 Å². The maximum atomic E-state index is 13.4. The van der Waals surface area contributed by atoms with Crippen LogP contribution in [0.4, 0.5) is 17.6 Å². The maximum Gasteiger partial charge on any atom is 0.416 e. The van der Waals surface area contributed by atoms with Gasteiger partial charge in [-0.1, -0.05) is 31.5 Å². The summed E-state index contributed by atoms with van der Waals surface area (Å²) in [6, 6.07) is 9.27. The quantitative estimate of drug-likeness (QED) is 0.253. The van der Waals surface area contributed by atoms with E-state index in [1.807, 2.05) is 6.92 Å². The molecule has 3 rings (SSSR count). The molecule has 0 spiro atoms. The van der Waals surface area contributed by atoms with E-state index in [2.05, 4.69) is 10.3 Å². The summed E-state index contributed by atoms with van der Waals surface area (Å²) >= 11 is 1.35. The number of fused-ring (bicyclic) bond motifs is 1. The van der Waals surface area contributed by atoms with Crippen LogP contribution in [-0.4, -0.2) is 16.6 Å². The van der Waals surface area contributed by atoms with Crippen LogP contribution in [0.3, 0.4) is 0 Å². The fourth-order valence-electron chi connectivity index (χ4n) is 3.18. The summed E-state index contributed by atoms with van der Waals surface area (Å²) < 4.78 is 52.8. The molecule has 0 radical (unpaired) electrons. The van der Waals surface area contributed by atoms with E-state index in [0.717, 1.165) is 25.0 Å². The molecule has 0 bridgehead atoms. The second kappa shape index (κ2) is 9.68. The molecule has 0 atom stereocenters. The summed E-state index contributed by atoms with van der Waals surface area (Å²) in [5.74, 6) is -0.0981. The highest BCUT2D eigenvalue weighted by atomic mass is 32.2. The molecule has 1 heterocycles. The third-order valence-corrected chi connectivity index (χ3v) is 5.91. The van der Waals surface area contributed by atoms with E-state index in [1.54, 1.807) is 19.1 Å². The van der Waals surface area contributed by atoms with Crippen LogP contribution in [0.5, 0.6) is 0 Å². The molecule has 2 aromatic carbocycles. The highest BCUT2D eigenvalue weighted by Gasteiger charge is 2.31. The van der Waals surface area contributed by atoms with E-state index in [9.17, 15) is 22.4 Å². The number of nitrogens with one attached hydrogen (secondary N) is 1. The van der Waals surface area contributed by atoms with Crippen molar-refractivity contribution in [3.05, 3.63) is 70.5 Å². The van der Waals surface area contributed by atoms with E-state index in [4.69, 9.17) is 0 Å². The molecule has 1 aromatic heterocycles. The molecule has 8 heteroatoms. The Labute approximate surface area is 182 Å². The number of benzene rings is 2. The Balaban J connectivity index is 1.99. The Morgan fingerprint density at radius 2 is 1.94 bits per heavy atom. The van der Waals surface area contributed by atoms with Crippen molar-refractivity contribution < 1.29 is 22.4 Å². The van der Waals surface area contributed by atoms with Crippen LogP contribution in [-0.2, 0) is 12.7 Å². The molecule has 0 aliphatic rings. The second-order valence-corrected chi connectivity index (χ2v) is 8.24. The number of halogens is 4. The van der Waals surface area contributed by atoms with Gasteiger partial charge in [0.15, 0.2) is 0 Å². The first-order valence-electron chi connectivity index (χ1n) is 9.87. The molecule has 0 fully saturated rings. The molecule has 3 aromatic rings. The SMILES string of the molecule is CCCCSc1nc2cc(C(F)(F)F)ccc2c(C)c1C(=O)NCc1cccc(F)c1. The van der Waals surface area contributed by atoms with Crippen molar-refractivity contribution in [3.8, 4) is 0 Å². The minimum Gasteiger partial charge on any atom is -0.348 e. The number of aryl methyl sites for hydroxylation is 1.